The first-order valence-corrected chi connectivity index (χ1v) is 9.31. The molecule has 1 fully saturated rings. The van der Waals surface area contributed by atoms with Gasteiger partial charge in [-0.3, -0.25) is 9.59 Å². The van der Waals surface area contributed by atoms with Gasteiger partial charge in [-0.05, 0) is 30.7 Å². The van der Waals surface area contributed by atoms with Crippen LogP contribution in [-0.4, -0.2) is 53.7 Å². The molecule has 8 heteroatoms. The van der Waals surface area contributed by atoms with Gasteiger partial charge >= 0.3 is 5.97 Å². The molecule has 7 nitrogen and oxygen atoms in total. The Bertz CT molecular complexity index is 977. The van der Waals surface area contributed by atoms with E-state index in [-0.39, 0.29) is 24.8 Å². The van der Waals surface area contributed by atoms with E-state index in [0.29, 0.717) is 23.7 Å². The lowest BCUT2D eigenvalue weighted by Gasteiger charge is -2.23. The molecule has 1 atom stereocenters. The van der Waals surface area contributed by atoms with Gasteiger partial charge in [0.2, 0.25) is 0 Å². The van der Waals surface area contributed by atoms with E-state index in [2.05, 4.69) is 4.98 Å². The second-order valence-electron chi connectivity index (χ2n) is 6.65. The number of nitrogens with zero attached hydrogens (tertiary/aromatic N) is 2. The van der Waals surface area contributed by atoms with E-state index in [1.807, 2.05) is 24.3 Å². The minimum atomic E-state index is -1.06. The fraction of sp³-hybridized carbons (Fsp3) is 0.316. The van der Waals surface area contributed by atoms with E-state index in [0.717, 1.165) is 10.2 Å². The molecule has 1 N–H and O–H groups in total. The van der Waals surface area contributed by atoms with Crippen LogP contribution < -0.4 is 0 Å². The SMILES string of the molecule is COCC1(C(=O)O)CCN(C(=O)c2ccc(-c3nc4ccccc4s3)o2)C1. The summed E-state index contributed by atoms with van der Waals surface area (Å²) in [4.78, 5) is 30.4. The van der Waals surface area contributed by atoms with E-state index in [9.17, 15) is 14.7 Å². The third-order valence-electron chi connectivity index (χ3n) is 4.84. The molecule has 3 aromatic rings. The number of likely N-dealkylation sites (tertiary alicyclic amines) is 1. The molecule has 1 aromatic carbocycles. The van der Waals surface area contributed by atoms with Gasteiger partial charge in [0.1, 0.15) is 5.41 Å². The second-order valence-corrected chi connectivity index (χ2v) is 7.68. The van der Waals surface area contributed by atoms with Crippen LogP contribution in [0.15, 0.2) is 40.8 Å². The predicted octanol–water partition coefficient (Wildman–Crippen LogP) is 3.12. The van der Waals surface area contributed by atoms with Crippen LogP contribution in [-0.2, 0) is 9.53 Å². The number of aromatic nitrogens is 1. The number of thiazole rings is 1. The average Bonchev–Trinajstić information content (AvgIpc) is 3.39. The summed E-state index contributed by atoms with van der Waals surface area (Å²) in [6, 6.07) is 11.1. The summed E-state index contributed by atoms with van der Waals surface area (Å²) < 4.78 is 11.8. The van der Waals surface area contributed by atoms with Gasteiger partial charge in [-0.1, -0.05) is 12.1 Å². The van der Waals surface area contributed by atoms with Crippen LogP contribution in [0.2, 0.25) is 0 Å². The molecule has 0 radical (unpaired) electrons. The summed E-state index contributed by atoms with van der Waals surface area (Å²) in [6.45, 7) is 0.527. The minimum absolute atomic E-state index is 0.0707. The van der Waals surface area contributed by atoms with Crippen molar-refractivity contribution in [3.05, 3.63) is 42.2 Å². The zero-order chi connectivity index (χ0) is 19.0. The van der Waals surface area contributed by atoms with Crippen LogP contribution in [0.5, 0.6) is 0 Å². The van der Waals surface area contributed by atoms with Gasteiger partial charge in [-0.2, -0.15) is 0 Å². The van der Waals surface area contributed by atoms with E-state index >= 15 is 0 Å². The number of carboxylic acids is 1. The van der Waals surface area contributed by atoms with Gasteiger partial charge in [-0.25, -0.2) is 4.98 Å². The fourth-order valence-corrected chi connectivity index (χ4v) is 4.30. The van der Waals surface area contributed by atoms with Crippen molar-refractivity contribution in [1.82, 2.24) is 9.88 Å². The molecule has 1 unspecified atom stereocenters. The second kappa shape index (κ2) is 6.79. The predicted molar refractivity (Wildman–Crippen MR) is 99.8 cm³/mol. The van der Waals surface area contributed by atoms with Crippen LogP contribution >= 0.6 is 11.3 Å². The number of furan rings is 1. The molecule has 1 aliphatic heterocycles. The molecule has 0 bridgehead atoms. The summed E-state index contributed by atoms with van der Waals surface area (Å²) >= 11 is 1.49. The molecule has 140 valence electrons. The Morgan fingerprint density at radius 2 is 2.15 bits per heavy atom. The molecule has 1 amide bonds. The quantitative estimate of drug-likeness (QED) is 0.724. The number of benzene rings is 1. The molecule has 2 aromatic heterocycles. The standard InChI is InChI=1S/C19H18N2O5S/c1-25-11-19(18(23)24)8-9-21(10-19)17(22)14-7-6-13(26-14)16-20-12-4-2-3-5-15(12)27-16/h2-7H,8-11H2,1H3,(H,23,24). The Labute approximate surface area is 159 Å². The molecular formula is C19H18N2O5S. The van der Waals surface area contributed by atoms with Crippen molar-refractivity contribution >= 4 is 33.4 Å². The van der Waals surface area contributed by atoms with Crippen LogP contribution in [0.25, 0.3) is 21.0 Å². The lowest BCUT2D eigenvalue weighted by molar-refractivity contribution is -0.151. The molecule has 27 heavy (non-hydrogen) atoms. The number of hydrogen-bond acceptors (Lipinski definition) is 6. The molecule has 0 spiro atoms. The summed E-state index contributed by atoms with van der Waals surface area (Å²) in [5.74, 6) is -0.557. The number of hydrogen-bond donors (Lipinski definition) is 1. The largest absolute Gasteiger partial charge is 0.481 e. The number of ether oxygens (including phenoxy) is 1. The number of fused-ring (bicyclic) bond motifs is 1. The van der Waals surface area contributed by atoms with Gasteiger partial charge in [0, 0.05) is 20.2 Å². The number of carbonyl (C=O) groups is 2. The molecular weight excluding hydrogens is 368 g/mol. The Morgan fingerprint density at radius 1 is 1.33 bits per heavy atom. The number of aliphatic carboxylic acids is 1. The van der Waals surface area contributed by atoms with Crippen molar-refractivity contribution in [2.45, 2.75) is 6.42 Å². The highest BCUT2D eigenvalue weighted by Crippen LogP contribution is 2.34. The van der Waals surface area contributed by atoms with Crippen molar-refractivity contribution in [3.63, 3.8) is 0 Å². The first-order chi connectivity index (χ1) is 13.0. The van der Waals surface area contributed by atoms with Crippen molar-refractivity contribution in [2.24, 2.45) is 5.41 Å². The number of carboxylic acid groups (broad SMARTS) is 1. The van der Waals surface area contributed by atoms with Gasteiger partial charge in [0.15, 0.2) is 16.5 Å². The number of rotatable bonds is 5. The summed E-state index contributed by atoms with van der Waals surface area (Å²) in [6.07, 6.45) is 0.355. The fourth-order valence-electron chi connectivity index (χ4n) is 3.38. The van der Waals surface area contributed by atoms with E-state index in [1.54, 1.807) is 12.1 Å². The monoisotopic (exact) mass is 386 g/mol. The van der Waals surface area contributed by atoms with Gasteiger partial charge in [0.25, 0.3) is 5.91 Å². The van der Waals surface area contributed by atoms with E-state index < -0.39 is 11.4 Å². The highest BCUT2D eigenvalue weighted by molar-refractivity contribution is 7.21. The molecule has 3 heterocycles. The minimum Gasteiger partial charge on any atom is -0.481 e. The normalized spacial score (nSPS) is 19.7. The molecule has 0 aliphatic carbocycles. The van der Waals surface area contributed by atoms with Crippen molar-refractivity contribution in [2.75, 3.05) is 26.8 Å². The first-order valence-electron chi connectivity index (χ1n) is 8.50. The first kappa shape index (κ1) is 17.7. The Kier molecular flexibility index (Phi) is 4.45. The van der Waals surface area contributed by atoms with Crippen LogP contribution in [0.4, 0.5) is 0 Å². The van der Waals surface area contributed by atoms with Gasteiger partial charge < -0.3 is 19.2 Å². The Morgan fingerprint density at radius 3 is 2.89 bits per heavy atom. The maximum Gasteiger partial charge on any atom is 0.313 e. The van der Waals surface area contributed by atoms with E-state index in [1.165, 1.54) is 23.3 Å². The summed E-state index contributed by atoms with van der Waals surface area (Å²) in [7, 11) is 1.46. The summed E-state index contributed by atoms with van der Waals surface area (Å²) in [5.41, 5.74) is -0.181. The molecule has 4 rings (SSSR count). The highest BCUT2D eigenvalue weighted by Gasteiger charge is 2.47. The lowest BCUT2D eigenvalue weighted by atomic mass is 9.88. The maximum atomic E-state index is 12.8. The van der Waals surface area contributed by atoms with Crippen molar-refractivity contribution in [1.29, 1.82) is 0 Å². The zero-order valence-corrected chi connectivity index (χ0v) is 15.5. The molecule has 0 saturated carbocycles. The lowest BCUT2D eigenvalue weighted by Crippen LogP contribution is -2.40. The Balaban J connectivity index is 1.55. The van der Waals surface area contributed by atoms with Gasteiger partial charge in [0.05, 0.1) is 16.8 Å². The zero-order valence-electron chi connectivity index (χ0n) is 14.7. The van der Waals surface area contributed by atoms with E-state index in [4.69, 9.17) is 9.15 Å². The number of carbonyl (C=O) groups excluding carboxylic acids is 1. The number of para-hydroxylation sites is 1. The van der Waals surface area contributed by atoms with Crippen molar-refractivity contribution in [3.8, 4) is 10.8 Å². The number of amides is 1. The highest BCUT2D eigenvalue weighted by atomic mass is 32.1. The third-order valence-corrected chi connectivity index (χ3v) is 5.89. The molecule has 1 saturated heterocycles. The van der Waals surface area contributed by atoms with Crippen LogP contribution in [0.1, 0.15) is 17.0 Å². The smallest absolute Gasteiger partial charge is 0.313 e. The summed E-state index contributed by atoms with van der Waals surface area (Å²) in [5, 5.41) is 10.2. The third kappa shape index (κ3) is 3.11. The van der Waals surface area contributed by atoms with Gasteiger partial charge in [-0.15, -0.1) is 11.3 Å². The Hall–Kier alpha value is -2.71. The van der Waals surface area contributed by atoms with Crippen LogP contribution in [0, 0.1) is 5.41 Å². The average molecular weight is 386 g/mol. The topological polar surface area (TPSA) is 92.9 Å². The van der Waals surface area contributed by atoms with Crippen molar-refractivity contribution < 1.29 is 23.8 Å². The maximum absolute atomic E-state index is 12.8. The van der Waals surface area contributed by atoms with Crippen LogP contribution in [0.3, 0.4) is 0 Å². The number of methoxy groups -OCH3 is 1. The molecule has 1 aliphatic rings.